The SMILES string of the molecule is CC(=O)c1cccc(NC(=O)[C@H](OC(=O)c2cccc(N(C)C)c2)c2ccccc2)c1. The molecule has 3 aromatic rings. The van der Waals surface area contributed by atoms with Crippen molar-refractivity contribution in [3.05, 3.63) is 95.6 Å². The number of hydrogen-bond donors (Lipinski definition) is 1. The summed E-state index contributed by atoms with van der Waals surface area (Å²) in [4.78, 5) is 39.4. The van der Waals surface area contributed by atoms with Crippen molar-refractivity contribution in [2.24, 2.45) is 0 Å². The number of ketones is 1. The third-order valence-corrected chi connectivity index (χ3v) is 4.70. The highest BCUT2D eigenvalue weighted by Crippen LogP contribution is 2.23. The van der Waals surface area contributed by atoms with Crippen LogP contribution in [-0.4, -0.2) is 31.8 Å². The molecule has 0 aliphatic heterocycles. The van der Waals surface area contributed by atoms with Crippen LogP contribution in [0, 0.1) is 0 Å². The molecule has 0 aromatic heterocycles. The van der Waals surface area contributed by atoms with Gasteiger partial charge in [-0.3, -0.25) is 9.59 Å². The molecule has 3 aromatic carbocycles. The molecular weight excluding hydrogens is 392 g/mol. The minimum atomic E-state index is -1.15. The summed E-state index contributed by atoms with van der Waals surface area (Å²) >= 11 is 0. The Morgan fingerprint density at radius 2 is 1.52 bits per heavy atom. The predicted molar refractivity (Wildman–Crippen MR) is 120 cm³/mol. The van der Waals surface area contributed by atoms with Crippen molar-refractivity contribution in [1.82, 2.24) is 0 Å². The number of carbonyl (C=O) groups is 3. The second kappa shape index (κ2) is 9.71. The minimum Gasteiger partial charge on any atom is -0.444 e. The number of hydrogen-bond acceptors (Lipinski definition) is 5. The second-order valence-corrected chi connectivity index (χ2v) is 7.27. The maximum atomic E-state index is 13.1. The van der Waals surface area contributed by atoms with Crippen LogP contribution < -0.4 is 10.2 Å². The molecule has 6 heteroatoms. The number of esters is 1. The highest BCUT2D eigenvalue weighted by atomic mass is 16.5. The number of rotatable bonds is 7. The summed E-state index contributed by atoms with van der Waals surface area (Å²) in [5.41, 5.74) is 2.66. The first kappa shape index (κ1) is 21.8. The van der Waals surface area contributed by atoms with Crippen LogP contribution in [-0.2, 0) is 9.53 Å². The van der Waals surface area contributed by atoms with E-state index in [0.29, 0.717) is 22.4 Å². The Bertz CT molecular complexity index is 1090. The van der Waals surface area contributed by atoms with E-state index in [9.17, 15) is 14.4 Å². The molecule has 31 heavy (non-hydrogen) atoms. The molecule has 3 rings (SSSR count). The highest BCUT2D eigenvalue weighted by molar-refractivity contribution is 6.00. The number of nitrogens with one attached hydrogen (secondary N) is 1. The van der Waals surface area contributed by atoms with Crippen molar-refractivity contribution in [2.45, 2.75) is 13.0 Å². The van der Waals surface area contributed by atoms with Gasteiger partial charge in [-0.2, -0.15) is 0 Å². The minimum absolute atomic E-state index is 0.108. The zero-order chi connectivity index (χ0) is 22.4. The second-order valence-electron chi connectivity index (χ2n) is 7.27. The molecule has 0 saturated heterocycles. The van der Waals surface area contributed by atoms with Gasteiger partial charge in [0.2, 0.25) is 6.10 Å². The summed E-state index contributed by atoms with van der Waals surface area (Å²) in [6.45, 7) is 1.46. The normalized spacial score (nSPS) is 11.3. The summed E-state index contributed by atoms with van der Waals surface area (Å²) in [6, 6.07) is 22.4. The first-order valence-corrected chi connectivity index (χ1v) is 9.80. The lowest BCUT2D eigenvalue weighted by Crippen LogP contribution is -2.26. The highest BCUT2D eigenvalue weighted by Gasteiger charge is 2.26. The molecule has 0 spiro atoms. The topological polar surface area (TPSA) is 75.7 Å². The van der Waals surface area contributed by atoms with Crippen molar-refractivity contribution in [3.8, 4) is 0 Å². The molecule has 0 aliphatic carbocycles. The van der Waals surface area contributed by atoms with Gasteiger partial charge in [-0.1, -0.05) is 48.5 Å². The van der Waals surface area contributed by atoms with Gasteiger partial charge >= 0.3 is 5.97 Å². The Morgan fingerprint density at radius 1 is 0.839 bits per heavy atom. The fourth-order valence-corrected chi connectivity index (χ4v) is 3.01. The van der Waals surface area contributed by atoms with Crippen LogP contribution in [0.5, 0.6) is 0 Å². The Kier molecular flexibility index (Phi) is 6.82. The fraction of sp³-hybridized carbons (Fsp3) is 0.160. The van der Waals surface area contributed by atoms with E-state index in [1.165, 1.54) is 6.92 Å². The van der Waals surface area contributed by atoms with Crippen molar-refractivity contribution in [3.63, 3.8) is 0 Å². The summed E-state index contributed by atoms with van der Waals surface area (Å²) in [6.07, 6.45) is -1.15. The lowest BCUT2D eigenvalue weighted by molar-refractivity contribution is -0.125. The molecule has 0 saturated carbocycles. The quantitative estimate of drug-likeness (QED) is 0.454. The Morgan fingerprint density at radius 3 is 2.19 bits per heavy atom. The number of anilines is 2. The van der Waals surface area contributed by atoms with E-state index < -0.39 is 18.0 Å². The van der Waals surface area contributed by atoms with E-state index in [0.717, 1.165) is 5.69 Å². The standard InChI is InChI=1S/C25H24N2O4/c1-17(28)19-11-7-13-21(15-19)26-24(29)23(18-9-5-4-6-10-18)31-25(30)20-12-8-14-22(16-20)27(2)3/h4-16,23H,1-3H3,(H,26,29)/t23-/m1/s1. The third-order valence-electron chi connectivity index (χ3n) is 4.70. The van der Waals surface area contributed by atoms with Gasteiger partial charge in [0.25, 0.3) is 5.91 Å². The molecule has 0 unspecified atom stereocenters. The lowest BCUT2D eigenvalue weighted by Gasteiger charge is -2.19. The third kappa shape index (κ3) is 5.57. The molecule has 1 N–H and O–H groups in total. The maximum absolute atomic E-state index is 13.1. The van der Waals surface area contributed by atoms with Gasteiger partial charge in [0.15, 0.2) is 5.78 Å². The number of ether oxygens (including phenoxy) is 1. The lowest BCUT2D eigenvalue weighted by atomic mass is 10.1. The summed E-state index contributed by atoms with van der Waals surface area (Å²) in [7, 11) is 3.75. The van der Waals surface area contributed by atoms with Gasteiger partial charge in [0, 0.05) is 36.6 Å². The van der Waals surface area contributed by atoms with Crippen molar-refractivity contribution >= 4 is 29.0 Å². The van der Waals surface area contributed by atoms with Crippen LogP contribution in [0.1, 0.15) is 39.3 Å². The molecule has 0 radical (unpaired) electrons. The zero-order valence-corrected chi connectivity index (χ0v) is 17.7. The average molecular weight is 416 g/mol. The number of nitrogens with zero attached hydrogens (tertiary/aromatic N) is 1. The van der Waals surface area contributed by atoms with Crippen molar-refractivity contribution in [1.29, 1.82) is 0 Å². The molecule has 6 nitrogen and oxygen atoms in total. The van der Waals surface area contributed by atoms with Crippen LogP contribution in [0.15, 0.2) is 78.9 Å². The van der Waals surface area contributed by atoms with Gasteiger partial charge in [0.05, 0.1) is 5.56 Å². The maximum Gasteiger partial charge on any atom is 0.339 e. The van der Waals surface area contributed by atoms with Crippen molar-refractivity contribution in [2.75, 3.05) is 24.3 Å². The fourth-order valence-electron chi connectivity index (χ4n) is 3.01. The molecule has 1 amide bonds. The van der Waals surface area contributed by atoms with Crippen LogP contribution >= 0.6 is 0 Å². The van der Waals surface area contributed by atoms with Gasteiger partial charge < -0.3 is 15.0 Å². The van der Waals surface area contributed by atoms with Gasteiger partial charge in [-0.05, 0) is 37.3 Å². The zero-order valence-electron chi connectivity index (χ0n) is 17.7. The summed E-state index contributed by atoms with van der Waals surface area (Å²) in [5.74, 6) is -1.22. The molecule has 0 aliphatic rings. The van der Waals surface area contributed by atoms with Gasteiger partial charge in [-0.15, -0.1) is 0 Å². The number of Topliss-reactive ketones (excluding diaryl/α,β-unsaturated/α-hetero) is 1. The molecule has 1 atom stereocenters. The Balaban J connectivity index is 1.86. The van der Waals surface area contributed by atoms with Crippen LogP contribution in [0.25, 0.3) is 0 Å². The predicted octanol–water partition coefficient (Wildman–Crippen LogP) is 4.49. The van der Waals surface area contributed by atoms with Gasteiger partial charge in [0.1, 0.15) is 0 Å². The number of carbonyl (C=O) groups excluding carboxylic acids is 3. The van der Waals surface area contributed by atoms with E-state index in [1.54, 1.807) is 66.7 Å². The van der Waals surface area contributed by atoms with Crippen LogP contribution in [0.2, 0.25) is 0 Å². The Hall–Kier alpha value is -3.93. The first-order chi connectivity index (χ1) is 14.8. The molecule has 158 valence electrons. The van der Waals surface area contributed by atoms with Crippen LogP contribution in [0.4, 0.5) is 11.4 Å². The van der Waals surface area contributed by atoms with E-state index in [-0.39, 0.29) is 5.78 Å². The number of amides is 1. The number of benzene rings is 3. The average Bonchev–Trinajstić information content (AvgIpc) is 2.78. The van der Waals surface area contributed by atoms with Crippen LogP contribution in [0.3, 0.4) is 0 Å². The summed E-state index contributed by atoms with van der Waals surface area (Å²) in [5, 5.41) is 2.75. The monoisotopic (exact) mass is 416 g/mol. The molecule has 0 heterocycles. The first-order valence-electron chi connectivity index (χ1n) is 9.80. The summed E-state index contributed by atoms with van der Waals surface area (Å²) < 4.78 is 5.63. The van der Waals surface area contributed by atoms with Crippen molar-refractivity contribution < 1.29 is 19.1 Å². The van der Waals surface area contributed by atoms with E-state index in [2.05, 4.69) is 5.32 Å². The van der Waals surface area contributed by atoms with E-state index >= 15 is 0 Å². The molecular formula is C25H24N2O4. The smallest absolute Gasteiger partial charge is 0.339 e. The van der Waals surface area contributed by atoms with Gasteiger partial charge in [-0.25, -0.2) is 4.79 Å². The largest absolute Gasteiger partial charge is 0.444 e. The molecule has 0 bridgehead atoms. The van der Waals surface area contributed by atoms with E-state index in [1.807, 2.05) is 31.1 Å². The molecule has 0 fully saturated rings. The Labute approximate surface area is 181 Å². The van der Waals surface area contributed by atoms with E-state index in [4.69, 9.17) is 4.74 Å².